The molecule has 0 bridgehead atoms. The van der Waals surface area contributed by atoms with Crippen molar-refractivity contribution >= 4 is 0 Å². The Kier molecular flexibility index (Phi) is 4.81. The van der Waals surface area contributed by atoms with Gasteiger partial charge in [0.05, 0.1) is 5.60 Å². The second kappa shape index (κ2) is 5.50. The summed E-state index contributed by atoms with van der Waals surface area (Å²) in [6.07, 6.45) is 5.59. The molecule has 1 aliphatic heterocycles. The van der Waals surface area contributed by atoms with E-state index >= 15 is 0 Å². The fraction of sp³-hybridized carbons (Fsp3) is 1.00. The molecule has 0 spiro atoms. The molecule has 0 aromatic rings. The number of rotatable bonds is 5. The normalized spacial score (nSPS) is 22.3. The van der Waals surface area contributed by atoms with E-state index in [1.54, 1.807) is 0 Å². The van der Waals surface area contributed by atoms with Crippen LogP contribution in [0.15, 0.2) is 0 Å². The minimum atomic E-state index is -0.458. The SMILES string of the molecule is CCC1(C)CCN(CC(O)(CC)CC)CC1. The lowest BCUT2D eigenvalue weighted by Crippen LogP contribution is -2.47. The molecule has 2 heteroatoms. The molecule has 16 heavy (non-hydrogen) atoms. The third kappa shape index (κ3) is 3.46. The Labute approximate surface area is 101 Å². The van der Waals surface area contributed by atoms with Crippen LogP contribution in [0.3, 0.4) is 0 Å². The van der Waals surface area contributed by atoms with Gasteiger partial charge < -0.3 is 10.0 Å². The molecule has 1 aliphatic rings. The number of hydrogen-bond donors (Lipinski definition) is 1. The highest BCUT2D eigenvalue weighted by molar-refractivity contribution is 4.86. The van der Waals surface area contributed by atoms with Gasteiger partial charge >= 0.3 is 0 Å². The van der Waals surface area contributed by atoms with E-state index in [0.717, 1.165) is 32.5 Å². The summed E-state index contributed by atoms with van der Waals surface area (Å²) in [6, 6.07) is 0. The minimum Gasteiger partial charge on any atom is -0.389 e. The monoisotopic (exact) mass is 227 g/mol. The van der Waals surface area contributed by atoms with Crippen LogP contribution in [-0.2, 0) is 0 Å². The van der Waals surface area contributed by atoms with Crippen LogP contribution in [0, 0.1) is 5.41 Å². The quantitative estimate of drug-likeness (QED) is 0.780. The zero-order chi connectivity index (χ0) is 12.2. The summed E-state index contributed by atoms with van der Waals surface area (Å²) in [6.45, 7) is 12.0. The molecular weight excluding hydrogens is 198 g/mol. The van der Waals surface area contributed by atoms with Gasteiger partial charge in [-0.3, -0.25) is 0 Å². The number of nitrogens with zero attached hydrogens (tertiary/aromatic N) is 1. The highest BCUT2D eigenvalue weighted by atomic mass is 16.3. The van der Waals surface area contributed by atoms with Crippen molar-refractivity contribution in [3.05, 3.63) is 0 Å². The van der Waals surface area contributed by atoms with Gasteiger partial charge in [-0.1, -0.05) is 34.1 Å². The molecule has 0 unspecified atom stereocenters. The van der Waals surface area contributed by atoms with Gasteiger partial charge in [-0.15, -0.1) is 0 Å². The van der Waals surface area contributed by atoms with Crippen molar-refractivity contribution in [1.29, 1.82) is 0 Å². The Balaban J connectivity index is 2.43. The van der Waals surface area contributed by atoms with Crippen LogP contribution in [0.1, 0.15) is 59.8 Å². The molecular formula is C14H29NO. The first-order chi connectivity index (χ1) is 7.47. The summed E-state index contributed by atoms with van der Waals surface area (Å²) in [5.74, 6) is 0. The largest absolute Gasteiger partial charge is 0.389 e. The van der Waals surface area contributed by atoms with Crippen LogP contribution in [-0.4, -0.2) is 35.2 Å². The molecule has 2 nitrogen and oxygen atoms in total. The van der Waals surface area contributed by atoms with E-state index in [1.807, 2.05) is 0 Å². The molecule has 0 atom stereocenters. The van der Waals surface area contributed by atoms with E-state index in [-0.39, 0.29) is 0 Å². The summed E-state index contributed by atoms with van der Waals surface area (Å²) in [5, 5.41) is 10.3. The van der Waals surface area contributed by atoms with Crippen LogP contribution < -0.4 is 0 Å². The van der Waals surface area contributed by atoms with Crippen molar-refractivity contribution < 1.29 is 5.11 Å². The van der Waals surface area contributed by atoms with Crippen LogP contribution in [0.4, 0.5) is 0 Å². The lowest BCUT2D eigenvalue weighted by Gasteiger charge is -2.42. The van der Waals surface area contributed by atoms with Crippen LogP contribution in [0.25, 0.3) is 0 Å². The predicted molar refractivity (Wildman–Crippen MR) is 69.6 cm³/mol. The molecule has 0 aliphatic carbocycles. The molecule has 0 aromatic carbocycles. The first kappa shape index (κ1) is 14.0. The summed E-state index contributed by atoms with van der Waals surface area (Å²) < 4.78 is 0. The molecule has 96 valence electrons. The Morgan fingerprint density at radius 2 is 1.62 bits per heavy atom. The summed E-state index contributed by atoms with van der Waals surface area (Å²) in [4.78, 5) is 2.45. The van der Waals surface area contributed by atoms with E-state index < -0.39 is 5.60 Å². The molecule has 0 radical (unpaired) electrons. The standard InChI is InChI=1S/C14H29NO/c1-5-13(4)8-10-15(11-9-13)12-14(16,6-2)7-3/h16H,5-12H2,1-4H3. The lowest BCUT2D eigenvalue weighted by molar-refractivity contribution is -0.0191. The highest BCUT2D eigenvalue weighted by Gasteiger charge is 2.32. The highest BCUT2D eigenvalue weighted by Crippen LogP contribution is 2.34. The minimum absolute atomic E-state index is 0.458. The van der Waals surface area contributed by atoms with Gasteiger partial charge in [0.15, 0.2) is 0 Å². The van der Waals surface area contributed by atoms with Crippen molar-refractivity contribution in [2.45, 2.75) is 65.4 Å². The molecule has 1 heterocycles. The number of β-amino-alcohol motifs (C(OH)–C–C–N with tert-alkyl or cyclic N) is 1. The van der Waals surface area contributed by atoms with E-state index in [9.17, 15) is 5.11 Å². The topological polar surface area (TPSA) is 23.5 Å². The fourth-order valence-corrected chi connectivity index (χ4v) is 2.49. The van der Waals surface area contributed by atoms with Gasteiger partial charge in [-0.2, -0.15) is 0 Å². The number of piperidine rings is 1. The van der Waals surface area contributed by atoms with Crippen molar-refractivity contribution in [1.82, 2.24) is 4.90 Å². The molecule has 1 saturated heterocycles. The molecule has 1 fully saturated rings. The predicted octanol–water partition coefficient (Wildman–Crippen LogP) is 3.05. The summed E-state index contributed by atoms with van der Waals surface area (Å²) in [5.41, 5.74) is 0.0903. The molecule has 1 rings (SSSR count). The van der Waals surface area contributed by atoms with E-state index in [0.29, 0.717) is 5.41 Å². The third-order valence-electron chi connectivity index (χ3n) is 4.75. The van der Waals surface area contributed by atoms with E-state index in [1.165, 1.54) is 19.3 Å². The Bertz CT molecular complexity index is 203. The first-order valence-corrected chi connectivity index (χ1v) is 6.91. The molecule has 1 N–H and O–H groups in total. The van der Waals surface area contributed by atoms with Crippen LogP contribution >= 0.6 is 0 Å². The smallest absolute Gasteiger partial charge is 0.0768 e. The number of likely N-dealkylation sites (tertiary alicyclic amines) is 1. The van der Waals surface area contributed by atoms with Gasteiger partial charge in [0.25, 0.3) is 0 Å². The van der Waals surface area contributed by atoms with E-state index in [4.69, 9.17) is 0 Å². The van der Waals surface area contributed by atoms with Gasteiger partial charge in [-0.25, -0.2) is 0 Å². The third-order valence-corrected chi connectivity index (χ3v) is 4.75. The van der Waals surface area contributed by atoms with Crippen molar-refractivity contribution in [2.75, 3.05) is 19.6 Å². The maximum Gasteiger partial charge on any atom is 0.0768 e. The zero-order valence-corrected chi connectivity index (χ0v) is 11.6. The Hall–Kier alpha value is -0.0800. The van der Waals surface area contributed by atoms with Gasteiger partial charge in [0.2, 0.25) is 0 Å². The zero-order valence-electron chi connectivity index (χ0n) is 11.6. The van der Waals surface area contributed by atoms with Gasteiger partial charge in [0.1, 0.15) is 0 Å². The molecule has 0 aromatic heterocycles. The van der Waals surface area contributed by atoms with Crippen molar-refractivity contribution in [3.8, 4) is 0 Å². The summed E-state index contributed by atoms with van der Waals surface area (Å²) >= 11 is 0. The van der Waals surface area contributed by atoms with E-state index in [2.05, 4.69) is 32.6 Å². The average molecular weight is 227 g/mol. The Morgan fingerprint density at radius 1 is 1.12 bits per heavy atom. The van der Waals surface area contributed by atoms with Crippen molar-refractivity contribution in [2.24, 2.45) is 5.41 Å². The Morgan fingerprint density at radius 3 is 2.00 bits per heavy atom. The maximum absolute atomic E-state index is 10.3. The van der Waals surface area contributed by atoms with Gasteiger partial charge in [-0.05, 0) is 44.2 Å². The number of hydrogen-bond acceptors (Lipinski definition) is 2. The van der Waals surface area contributed by atoms with Crippen molar-refractivity contribution in [3.63, 3.8) is 0 Å². The average Bonchev–Trinajstić information content (AvgIpc) is 2.32. The molecule has 0 saturated carbocycles. The second-order valence-corrected chi connectivity index (χ2v) is 5.87. The molecule has 0 amide bonds. The second-order valence-electron chi connectivity index (χ2n) is 5.87. The van der Waals surface area contributed by atoms with Crippen LogP contribution in [0.5, 0.6) is 0 Å². The fourth-order valence-electron chi connectivity index (χ4n) is 2.49. The number of aliphatic hydroxyl groups is 1. The lowest BCUT2D eigenvalue weighted by atomic mass is 9.78. The van der Waals surface area contributed by atoms with Crippen LogP contribution in [0.2, 0.25) is 0 Å². The summed E-state index contributed by atoms with van der Waals surface area (Å²) in [7, 11) is 0. The van der Waals surface area contributed by atoms with Gasteiger partial charge in [0, 0.05) is 6.54 Å². The maximum atomic E-state index is 10.3. The first-order valence-electron chi connectivity index (χ1n) is 6.91.